The molecule has 2 aromatic carbocycles. The van der Waals surface area contributed by atoms with Gasteiger partial charge in [-0.3, -0.25) is 4.98 Å². The first-order valence-corrected chi connectivity index (χ1v) is 8.14. The number of hydrogen-bond acceptors (Lipinski definition) is 1. The van der Waals surface area contributed by atoms with Crippen LogP contribution in [0.25, 0.3) is 33.3 Å². The van der Waals surface area contributed by atoms with Gasteiger partial charge in [0, 0.05) is 34.2 Å². The summed E-state index contributed by atoms with van der Waals surface area (Å²) in [6, 6.07) is 23.2. The summed E-state index contributed by atoms with van der Waals surface area (Å²) >= 11 is 0. The Balaban J connectivity index is 2.02. The zero-order chi connectivity index (χ0) is 16.5. The van der Waals surface area contributed by atoms with Crippen LogP contribution in [-0.4, -0.2) is 4.98 Å². The molecule has 2 heteroatoms. The highest BCUT2D eigenvalue weighted by atomic mass is 14.9. The fraction of sp³-hybridized carbons (Fsp3) is 0.0909. The van der Waals surface area contributed by atoms with E-state index >= 15 is 0 Å². The Hall–Kier alpha value is -3.00. The second kappa shape index (κ2) is 5.89. The van der Waals surface area contributed by atoms with Crippen molar-refractivity contribution in [3.63, 3.8) is 0 Å². The van der Waals surface area contributed by atoms with Crippen LogP contribution in [-0.2, 0) is 7.05 Å². The van der Waals surface area contributed by atoms with Crippen molar-refractivity contribution < 1.29 is 4.57 Å². The van der Waals surface area contributed by atoms with Crippen LogP contribution in [0, 0.1) is 6.92 Å². The molecule has 0 radical (unpaired) electrons. The molecule has 2 nitrogen and oxygen atoms in total. The molecule has 0 aliphatic carbocycles. The minimum atomic E-state index is 1.01. The molecule has 0 bridgehead atoms. The molecule has 0 atom stereocenters. The van der Waals surface area contributed by atoms with E-state index in [-0.39, 0.29) is 0 Å². The van der Waals surface area contributed by atoms with Crippen LogP contribution in [0.4, 0.5) is 0 Å². The van der Waals surface area contributed by atoms with Gasteiger partial charge in [-0.1, -0.05) is 36.4 Å². The fourth-order valence-corrected chi connectivity index (χ4v) is 3.25. The van der Waals surface area contributed by atoms with Gasteiger partial charge in [0.25, 0.3) is 0 Å². The summed E-state index contributed by atoms with van der Waals surface area (Å²) < 4.78 is 2.20. The zero-order valence-corrected chi connectivity index (χ0v) is 13.9. The Morgan fingerprint density at radius 3 is 2.42 bits per heavy atom. The number of aryl methyl sites for hydroxylation is 2. The smallest absolute Gasteiger partial charge is 0.213 e. The Kier molecular flexibility index (Phi) is 3.58. The van der Waals surface area contributed by atoms with Gasteiger partial charge in [-0.2, -0.15) is 0 Å². The molecule has 0 aliphatic heterocycles. The predicted octanol–water partition coefficient (Wildman–Crippen LogP) is 4.70. The van der Waals surface area contributed by atoms with Gasteiger partial charge >= 0.3 is 0 Å². The van der Waals surface area contributed by atoms with E-state index in [9.17, 15) is 0 Å². The van der Waals surface area contributed by atoms with Gasteiger partial charge in [0.15, 0.2) is 6.20 Å². The van der Waals surface area contributed by atoms with Crippen LogP contribution < -0.4 is 4.57 Å². The molecule has 2 aromatic heterocycles. The molecule has 24 heavy (non-hydrogen) atoms. The van der Waals surface area contributed by atoms with Crippen LogP contribution in [0.1, 0.15) is 5.56 Å². The van der Waals surface area contributed by atoms with Crippen LogP contribution in [0.3, 0.4) is 0 Å². The van der Waals surface area contributed by atoms with E-state index in [0.29, 0.717) is 0 Å². The summed E-state index contributed by atoms with van der Waals surface area (Å²) in [6.45, 7) is 2.16. The first-order chi connectivity index (χ1) is 11.7. The first kappa shape index (κ1) is 14.6. The van der Waals surface area contributed by atoms with Gasteiger partial charge in [-0.05, 0) is 36.8 Å². The van der Waals surface area contributed by atoms with E-state index in [0.717, 1.165) is 5.69 Å². The zero-order valence-electron chi connectivity index (χ0n) is 13.9. The molecule has 4 aromatic rings. The Morgan fingerprint density at radius 2 is 1.62 bits per heavy atom. The topological polar surface area (TPSA) is 16.8 Å². The van der Waals surface area contributed by atoms with Gasteiger partial charge in [-0.15, -0.1) is 0 Å². The van der Waals surface area contributed by atoms with E-state index in [2.05, 4.69) is 84.3 Å². The molecular weight excluding hydrogens is 292 g/mol. The third-order valence-corrected chi connectivity index (χ3v) is 4.50. The highest BCUT2D eigenvalue weighted by Gasteiger charge is 2.15. The van der Waals surface area contributed by atoms with Crippen molar-refractivity contribution in [2.24, 2.45) is 7.05 Å². The highest BCUT2D eigenvalue weighted by Crippen LogP contribution is 2.30. The summed E-state index contributed by atoms with van der Waals surface area (Å²) in [6.07, 6.45) is 4.04. The van der Waals surface area contributed by atoms with Gasteiger partial charge in [0.05, 0.1) is 5.69 Å². The Morgan fingerprint density at radius 1 is 0.833 bits per heavy atom. The average molecular weight is 311 g/mol. The summed E-state index contributed by atoms with van der Waals surface area (Å²) in [5, 5.41) is 2.45. The van der Waals surface area contributed by atoms with E-state index < -0.39 is 0 Å². The largest absolute Gasteiger partial charge is 0.256 e. The minimum Gasteiger partial charge on any atom is -0.256 e. The lowest BCUT2D eigenvalue weighted by atomic mass is 9.98. The third-order valence-electron chi connectivity index (χ3n) is 4.50. The maximum Gasteiger partial charge on any atom is 0.213 e. The quantitative estimate of drug-likeness (QED) is 0.490. The lowest BCUT2D eigenvalue weighted by Gasteiger charge is -2.09. The van der Waals surface area contributed by atoms with Crippen LogP contribution >= 0.6 is 0 Å². The predicted molar refractivity (Wildman–Crippen MR) is 98.5 cm³/mol. The van der Waals surface area contributed by atoms with Crippen molar-refractivity contribution in [1.29, 1.82) is 0 Å². The van der Waals surface area contributed by atoms with Crippen molar-refractivity contribution in [1.82, 2.24) is 4.98 Å². The van der Waals surface area contributed by atoms with Crippen molar-refractivity contribution >= 4 is 10.8 Å². The lowest BCUT2D eigenvalue weighted by Crippen LogP contribution is -2.30. The molecule has 0 saturated heterocycles. The molecular formula is C22H19N2+. The molecule has 4 rings (SSSR count). The maximum absolute atomic E-state index is 4.53. The molecule has 0 fully saturated rings. The minimum absolute atomic E-state index is 1.01. The van der Waals surface area contributed by atoms with E-state index in [4.69, 9.17) is 0 Å². The van der Waals surface area contributed by atoms with Gasteiger partial charge < -0.3 is 0 Å². The number of aromatic nitrogens is 2. The number of fused-ring (bicyclic) bond motifs is 1. The molecule has 0 spiro atoms. The molecule has 0 amide bonds. The summed E-state index contributed by atoms with van der Waals surface area (Å²) in [4.78, 5) is 4.53. The highest BCUT2D eigenvalue weighted by molar-refractivity contribution is 5.96. The van der Waals surface area contributed by atoms with Crippen LogP contribution in [0.5, 0.6) is 0 Å². The normalized spacial score (nSPS) is 10.9. The van der Waals surface area contributed by atoms with E-state index in [1.54, 1.807) is 0 Å². The lowest BCUT2D eigenvalue weighted by molar-refractivity contribution is -0.659. The van der Waals surface area contributed by atoms with Crippen molar-refractivity contribution in [3.8, 4) is 22.5 Å². The monoisotopic (exact) mass is 311 g/mol. The Labute approximate surface area is 142 Å². The fourth-order valence-electron chi connectivity index (χ4n) is 3.25. The molecule has 0 unspecified atom stereocenters. The number of hydrogen-bond donors (Lipinski definition) is 0. The summed E-state index contributed by atoms with van der Waals surface area (Å²) in [5.74, 6) is 0. The van der Waals surface area contributed by atoms with E-state index in [1.807, 2.05) is 18.3 Å². The second-order valence-corrected chi connectivity index (χ2v) is 6.11. The maximum atomic E-state index is 4.53. The number of benzene rings is 2. The molecule has 0 aliphatic rings. The molecule has 0 saturated carbocycles. The first-order valence-electron chi connectivity index (χ1n) is 8.14. The van der Waals surface area contributed by atoms with Crippen molar-refractivity contribution in [2.75, 3.05) is 0 Å². The van der Waals surface area contributed by atoms with Crippen molar-refractivity contribution in [3.05, 3.63) is 84.7 Å². The van der Waals surface area contributed by atoms with Crippen LogP contribution in [0.2, 0.25) is 0 Å². The molecule has 2 heterocycles. The average Bonchev–Trinajstić information content (AvgIpc) is 2.62. The third kappa shape index (κ3) is 2.46. The van der Waals surface area contributed by atoms with Crippen LogP contribution in [0.15, 0.2) is 79.1 Å². The number of pyridine rings is 2. The Bertz CT molecular complexity index is 1020. The van der Waals surface area contributed by atoms with Gasteiger partial charge in [0.2, 0.25) is 5.69 Å². The van der Waals surface area contributed by atoms with Crippen molar-refractivity contribution in [2.45, 2.75) is 6.92 Å². The number of rotatable bonds is 2. The molecule has 116 valence electrons. The second-order valence-electron chi connectivity index (χ2n) is 6.11. The number of nitrogens with zero attached hydrogens (tertiary/aromatic N) is 2. The standard InChI is InChI=1S/C22H19N2/c1-16-8-3-4-10-18(16)22-14-20-17(15-24(22)2)9-7-11-19(20)21-12-5-6-13-23-21/h3-15H,1-2H3/q+1. The summed E-state index contributed by atoms with van der Waals surface area (Å²) in [5.41, 5.74) is 5.93. The van der Waals surface area contributed by atoms with E-state index in [1.165, 1.54) is 33.2 Å². The summed E-state index contributed by atoms with van der Waals surface area (Å²) in [7, 11) is 2.11. The molecule has 0 N–H and O–H groups in total. The SMILES string of the molecule is Cc1ccccc1-c1cc2c(-c3ccccn3)cccc2c[n+]1C. The van der Waals surface area contributed by atoms with Gasteiger partial charge in [0.1, 0.15) is 7.05 Å². The van der Waals surface area contributed by atoms with Gasteiger partial charge in [-0.25, -0.2) is 4.57 Å².